The zero-order valence-corrected chi connectivity index (χ0v) is 10.5. The monoisotopic (exact) mass is 270 g/mol. The van der Waals surface area contributed by atoms with Crippen LogP contribution in [0.4, 0.5) is 0 Å². The minimum atomic E-state index is -1.33. The summed E-state index contributed by atoms with van der Waals surface area (Å²) >= 11 is 0. The summed E-state index contributed by atoms with van der Waals surface area (Å²) in [4.78, 5) is 0. The van der Waals surface area contributed by atoms with E-state index in [-0.39, 0.29) is 6.61 Å². The minimum absolute atomic E-state index is 0.0647. The average Bonchev–Trinajstić information content (AvgIpc) is 2.43. The van der Waals surface area contributed by atoms with Gasteiger partial charge in [0.1, 0.15) is 24.1 Å². The van der Waals surface area contributed by atoms with Crippen molar-refractivity contribution in [1.29, 1.82) is 0 Å². The molecule has 1 unspecified atom stereocenters. The normalized spacial score (nSPS) is 35.1. The highest BCUT2D eigenvalue weighted by molar-refractivity contribution is 5.27. The first-order valence-corrected chi connectivity index (χ1v) is 6.09. The number of benzene rings is 1. The van der Waals surface area contributed by atoms with Gasteiger partial charge in [-0.2, -0.15) is 0 Å². The van der Waals surface area contributed by atoms with Crippen molar-refractivity contribution < 1.29 is 29.9 Å². The molecule has 4 N–H and O–H groups in total. The van der Waals surface area contributed by atoms with E-state index in [1.165, 1.54) is 0 Å². The van der Waals surface area contributed by atoms with E-state index in [0.29, 0.717) is 5.75 Å². The summed E-state index contributed by atoms with van der Waals surface area (Å²) in [7, 11) is 0. The molecule has 0 spiro atoms. The molecule has 1 aromatic carbocycles. The van der Waals surface area contributed by atoms with Gasteiger partial charge in [0.2, 0.25) is 6.29 Å². The van der Waals surface area contributed by atoms with Crippen LogP contribution in [0.25, 0.3) is 0 Å². The summed E-state index contributed by atoms with van der Waals surface area (Å²) in [6.45, 7) is 1.52. The van der Waals surface area contributed by atoms with Crippen LogP contribution >= 0.6 is 0 Å². The highest BCUT2D eigenvalue weighted by Crippen LogP contribution is 2.24. The zero-order chi connectivity index (χ0) is 14.0. The third-order valence-corrected chi connectivity index (χ3v) is 3.17. The van der Waals surface area contributed by atoms with Crippen molar-refractivity contribution in [3.05, 3.63) is 29.8 Å². The highest BCUT2D eigenvalue weighted by atomic mass is 16.7. The standard InChI is InChI=1S/C13H18O6/c1-7-10(15)11(16)12(17)13(18-7)19-9-4-2-8(6-14)3-5-9/h2-5,7,10-17H,6H2,1H3/t7-,10-,11+,12+,13?/m1/s1. The third kappa shape index (κ3) is 3.05. The van der Waals surface area contributed by atoms with E-state index in [9.17, 15) is 15.3 Å². The minimum Gasteiger partial charge on any atom is -0.462 e. The lowest BCUT2D eigenvalue weighted by Crippen LogP contribution is -2.58. The molecule has 1 fully saturated rings. The Morgan fingerprint density at radius 3 is 2.26 bits per heavy atom. The molecule has 0 amide bonds. The molecule has 1 heterocycles. The van der Waals surface area contributed by atoms with Gasteiger partial charge in [0, 0.05) is 0 Å². The van der Waals surface area contributed by atoms with Gasteiger partial charge in [-0.3, -0.25) is 0 Å². The van der Waals surface area contributed by atoms with Crippen LogP contribution in [0, 0.1) is 0 Å². The van der Waals surface area contributed by atoms with E-state index in [2.05, 4.69) is 0 Å². The second kappa shape index (κ2) is 5.85. The van der Waals surface area contributed by atoms with Crippen LogP contribution < -0.4 is 4.74 Å². The molecule has 0 aromatic heterocycles. The molecule has 19 heavy (non-hydrogen) atoms. The molecule has 6 nitrogen and oxygen atoms in total. The summed E-state index contributed by atoms with van der Waals surface area (Å²) in [5.74, 6) is 0.442. The van der Waals surface area contributed by atoms with E-state index in [1.807, 2.05) is 0 Å². The second-order valence-electron chi connectivity index (χ2n) is 4.60. The van der Waals surface area contributed by atoms with E-state index in [1.54, 1.807) is 31.2 Å². The summed E-state index contributed by atoms with van der Waals surface area (Å²) in [6.07, 6.45) is -5.48. The summed E-state index contributed by atoms with van der Waals surface area (Å²) in [5, 5.41) is 37.9. The maximum atomic E-state index is 9.79. The Kier molecular flexibility index (Phi) is 4.38. The molecule has 0 saturated carbocycles. The van der Waals surface area contributed by atoms with Gasteiger partial charge in [0.05, 0.1) is 12.7 Å². The Balaban J connectivity index is 2.05. The maximum Gasteiger partial charge on any atom is 0.229 e. The molecular formula is C13H18O6. The van der Waals surface area contributed by atoms with Crippen molar-refractivity contribution in [2.24, 2.45) is 0 Å². The Morgan fingerprint density at radius 2 is 1.68 bits per heavy atom. The molecule has 106 valence electrons. The molecule has 0 aliphatic carbocycles. The molecule has 0 bridgehead atoms. The second-order valence-corrected chi connectivity index (χ2v) is 4.60. The van der Waals surface area contributed by atoms with Crippen molar-refractivity contribution in [3.8, 4) is 5.75 Å². The lowest BCUT2D eigenvalue weighted by Gasteiger charge is -2.38. The number of rotatable bonds is 3. The lowest BCUT2D eigenvalue weighted by atomic mass is 10.00. The number of aliphatic hydroxyl groups is 4. The number of hydrogen-bond acceptors (Lipinski definition) is 6. The number of ether oxygens (including phenoxy) is 2. The maximum absolute atomic E-state index is 9.79. The van der Waals surface area contributed by atoms with Gasteiger partial charge >= 0.3 is 0 Å². The Labute approximate surface area is 110 Å². The fourth-order valence-electron chi connectivity index (χ4n) is 1.92. The first-order chi connectivity index (χ1) is 9.02. The van der Waals surface area contributed by atoms with Crippen molar-refractivity contribution >= 4 is 0 Å². The van der Waals surface area contributed by atoms with E-state index in [4.69, 9.17) is 14.6 Å². The first-order valence-electron chi connectivity index (χ1n) is 6.09. The Morgan fingerprint density at radius 1 is 1.05 bits per heavy atom. The molecule has 2 rings (SSSR count). The summed E-state index contributed by atoms with van der Waals surface area (Å²) < 4.78 is 10.7. The van der Waals surface area contributed by atoms with Crippen LogP contribution in [0.15, 0.2) is 24.3 Å². The van der Waals surface area contributed by atoms with Gasteiger partial charge in [0.15, 0.2) is 0 Å². The van der Waals surface area contributed by atoms with Crippen molar-refractivity contribution in [3.63, 3.8) is 0 Å². The van der Waals surface area contributed by atoms with Gasteiger partial charge in [-0.15, -0.1) is 0 Å². The Bertz CT molecular complexity index is 406. The molecule has 1 aliphatic rings. The van der Waals surface area contributed by atoms with E-state index in [0.717, 1.165) is 5.56 Å². The quantitative estimate of drug-likeness (QED) is 0.584. The summed E-state index contributed by atoms with van der Waals surface area (Å²) in [6, 6.07) is 6.62. The zero-order valence-electron chi connectivity index (χ0n) is 10.5. The number of aliphatic hydroxyl groups excluding tert-OH is 4. The molecule has 1 saturated heterocycles. The highest BCUT2D eigenvalue weighted by Gasteiger charge is 2.43. The van der Waals surface area contributed by atoms with E-state index >= 15 is 0 Å². The third-order valence-electron chi connectivity index (χ3n) is 3.17. The van der Waals surface area contributed by atoms with Crippen LogP contribution in [-0.4, -0.2) is 51.1 Å². The molecule has 5 atom stereocenters. The summed E-state index contributed by atoms with van der Waals surface area (Å²) in [5.41, 5.74) is 0.737. The van der Waals surface area contributed by atoms with Crippen LogP contribution in [0.1, 0.15) is 12.5 Å². The SMILES string of the molecule is C[C@H]1OC(Oc2ccc(CO)cc2)[C@@H](O)[C@@H](O)[C@@H]1O. The molecule has 1 aliphatic heterocycles. The number of hydrogen-bond donors (Lipinski definition) is 4. The largest absolute Gasteiger partial charge is 0.462 e. The molecule has 0 radical (unpaired) electrons. The van der Waals surface area contributed by atoms with Gasteiger partial charge < -0.3 is 29.9 Å². The van der Waals surface area contributed by atoms with Gasteiger partial charge in [-0.05, 0) is 24.6 Å². The lowest BCUT2D eigenvalue weighted by molar-refractivity contribution is -0.268. The van der Waals surface area contributed by atoms with Crippen LogP contribution in [-0.2, 0) is 11.3 Å². The molecule has 6 heteroatoms. The topological polar surface area (TPSA) is 99.4 Å². The van der Waals surface area contributed by atoms with E-state index < -0.39 is 30.7 Å². The Hall–Kier alpha value is -1.18. The van der Waals surface area contributed by atoms with Gasteiger partial charge in [-0.25, -0.2) is 0 Å². The fraction of sp³-hybridized carbons (Fsp3) is 0.538. The fourth-order valence-corrected chi connectivity index (χ4v) is 1.92. The van der Waals surface area contributed by atoms with Crippen LogP contribution in [0.5, 0.6) is 5.75 Å². The van der Waals surface area contributed by atoms with Crippen LogP contribution in [0.2, 0.25) is 0 Å². The molecular weight excluding hydrogens is 252 g/mol. The van der Waals surface area contributed by atoms with Gasteiger partial charge in [0.25, 0.3) is 0 Å². The first kappa shape index (κ1) is 14.2. The predicted octanol–water partition coefficient (Wildman–Crippen LogP) is -0.615. The predicted molar refractivity (Wildman–Crippen MR) is 65.3 cm³/mol. The van der Waals surface area contributed by atoms with Crippen molar-refractivity contribution in [1.82, 2.24) is 0 Å². The van der Waals surface area contributed by atoms with Gasteiger partial charge in [-0.1, -0.05) is 12.1 Å². The van der Waals surface area contributed by atoms with Crippen LogP contribution in [0.3, 0.4) is 0 Å². The smallest absolute Gasteiger partial charge is 0.229 e. The van der Waals surface area contributed by atoms with Crippen molar-refractivity contribution in [2.75, 3.05) is 0 Å². The van der Waals surface area contributed by atoms with Crippen molar-refractivity contribution in [2.45, 2.75) is 44.2 Å². The molecule has 1 aromatic rings. The average molecular weight is 270 g/mol.